The monoisotopic (exact) mass is 604 g/mol. The van der Waals surface area contributed by atoms with E-state index in [1.807, 2.05) is 0 Å². The van der Waals surface area contributed by atoms with Crippen molar-refractivity contribution in [3.05, 3.63) is 0 Å². The molecule has 0 radical (unpaired) electrons. The lowest BCUT2D eigenvalue weighted by Gasteiger charge is -2.28. The normalized spacial score (nSPS) is 14.4. The molecule has 1 aliphatic heterocycles. The summed E-state index contributed by atoms with van der Waals surface area (Å²) in [6.45, 7) is 8.65. The number of unbranched alkanes of at least 4 members (excludes halogenated alkanes) is 25. The van der Waals surface area contributed by atoms with Gasteiger partial charge in [0, 0.05) is 24.9 Å². The highest BCUT2D eigenvalue weighted by Gasteiger charge is 2.27. The fourth-order valence-electron chi connectivity index (χ4n) is 6.82. The third-order valence-electron chi connectivity index (χ3n) is 9.70. The molecule has 1 heterocycles. The first kappa shape index (κ1) is 40.0. The topological polar surface area (TPSA) is 53.5 Å². The van der Waals surface area contributed by atoms with Crippen LogP contribution in [0.3, 0.4) is 0 Å². The third kappa shape index (κ3) is 23.9. The Labute approximate surface area is 270 Å². The van der Waals surface area contributed by atoms with E-state index in [1.54, 1.807) is 0 Å². The molecule has 1 aliphatic rings. The molecule has 0 aliphatic carbocycles. The molecule has 0 bridgehead atoms. The van der Waals surface area contributed by atoms with Gasteiger partial charge in [-0.15, -0.1) is 0 Å². The molecule has 0 fully saturated rings. The van der Waals surface area contributed by atoms with Gasteiger partial charge in [-0.2, -0.15) is 0 Å². The van der Waals surface area contributed by atoms with E-state index in [0.29, 0.717) is 12.3 Å². The van der Waals surface area contributed by atoms with Gasteiger partial charge in [-0.05, 0) is 19.3 Å². The second-order valence-electron chi connectivity index (χ2n) is 13.8. The molecule has 0 aromatic heterocycles. The Balaban J connectivity index is 2.11. The third-order valence-corrected chi connectivity index (χ3v) is 9.70. The Morgan fingerprint density at radius 2 is 1.00 bits per heavy atom. The van der Waals surface area contributed by atoms with Gasteiger partial charge in [0.25, 0.3) is 0 Å². The van der Waals surface area contributed by atoms with E-state index in [-0.39, 0.29) is 11.9 Å². The Kier molecular flexibility index (Phi) is 28.8. The molecule has 0 aromatic carbocycles. The molecule has 2 atom stereocenters. The van der Waals surface area contributed by atoms with Crippen LogP contribution >= 0.6 is 0 Å². The van der Waals surface area contributed by atoms with E-state index in [4.69, 9.17) is 4.99 Å². The van der Waals surface area contributed by atoms with Gasteiger partial charge >= 0.3 is 0 Å². The number of aliphatic imine (C=N–C) groups is 1. The van der Waals surface area contributed by atoms with E-state index in [9.17, 15) is 4.79 Å². The Morgan fingerprint density at radius 1 is 0.605 bits per heavy atom. The number of nitrogens with one attached hydrogen (secondary N) is 2. The number of hydrogen-bond donors (Lipinski definition) is 2. The summed E-state index contributed by atoms with van der Waals surface area (Å²) < 4.78 is 0. The molecule has 43 heavy (non-hydrogen) atoms. The number of carbonyl (C=O) groups excluding carboxylic acids is 1. The van der Waals surface area contributed by atoms with E-state index in [1.165, 1.54) is 167 Å². The molecular weight excluding hydrogens is 526 g/mol. The van der Waals surface area contributed by atoms with E-state index >= 15 is 0 Å². The second-order valence-corrected chi connectivity index (χ2v) is 13.8. The fourth-order valence-corrected chi connectivity index (χ4v) is 6.82. The number of carbonyl (C=O) groups is 1. The summed E-state index contributed by atoms with van der Waals surface area (Å²) in [5.74, 6) is 1.75. The summed E-state index contributed by atoms with van der Waals surface area (Å²) in [6.07, 6.45) is 39.8. The van der Waals surface area contributed by atoms with Gasteiger partial charge in [0.05, 0.1) is 6.54 Å². The lowest BCUT2D eigenvalue weighted by molar-refractivity contribution is -0.122. The maximum Gasteiger partial charge on any atom is 0.220 e. The van der Waals surface area contributed by atoms with Crippen molar-refractivity contribution in [3.63, 3.8) is 0 Å². The Bertz CT molecular complexity index is 634. The van der Waals surface area contributed by atoms with Gasteiger partial charge in [0.1, 0.15) is 5.84 Å². The molecule has 2 N–H and O–H groups in total. The first-order chi connectivity index (χ1) is 21.2. The quantitative estimate of drug-likeness (QED) is 0.0733. The van der Waals surface area contributed by atoms with E-state index in [0.717, 1.165) is 38.2 Å². The van der Waals surface area contributed by atoms with Crippen molar-refractivity contribution < 1.29 is 4.79 Å². The van der Waals surface area contributed by atoms with Crippen LogP contribution in [0, 0.1) is 5.92 Å². The van der Waals surface area contributed by atoms with Crippen molar-refractivity contribution in [3.8, 4) is 0 Å². The lowest BCUT2D eigenvalue weighted by atomic mass is 9.89. The SMILES string of the molecule is CCCCCCCCCCCCCCCCCC(=O)NC(CC)C(CCCCCCCCCCCCCC)C1=NCCN1. The van der Waals surface area contributed by atoms with E-state index < -0.39 is 0 Å². The summed E-state index contributed by atoms with van der Waals surface area (Å²) in [7, 11) is 0. The molecular formula is C39H77N3O. The second kappa shape index (κ2) is 30.9. The van der Waals surface area contributed by atoms with Gasteiger partial charge in [-0.3, -0.25) is 9.79 Å². The summed E-state index contributed by atoms with van der Waals surface area (Å²) >= 11 is 0. The zero-order chi connectivity index (χ0) is 31.1. The molecule has 4 heteroatoms. The van der Waals surface area contributed by atoms with Crippen LogP contribution in [0.2, 0.25) is 0 Å². The van der Waals surface area contributed by atoms with Crippen molar-refractivity contribution in [2.45, 2.75) is 219 Å². The van der Waals surface area contributed by atoms with Gasteiger partial charge in [-0.1, -0.05) is 188 Å². The average Bonchev–Trinajstić information content (AvgIpc) is 3.55. The highest BCUT2D eigenvalue weighted by Crippen LogP contribution is 2.21. The van der Waals surface area contributed by atoms with Crippen molar-refractivity contribution in [1.29, 1.82) is 0 Å². The molecule has 1 amide bonds. The van der Waals surface area contributed by atoms with Crippen LogP contribution in [0.15, 0.2) is 4.99 Å². The molecule has 1 rings (SSSR count). The van der Waals surface area contributed by atoms with Crippen LogP contribution in [0.4, 0.5) is 0 Å². The van der Waals surface area contributed by atoms with Crippen molar-refractivity contribution in [2.75, 3.05) is 13.1 Å². The van der Waals surface area contributed by atoms with Crippen molar-refractivity contribution in [2.24, 2.45) is 10.9 Å². The van der Waals surface area contributed by atoms with Crippen molar-refractivity contribution in [1.82, 2.24) is 10.6 Å². The predicted molar refractivity (Wildman–Crippen MR) is 191 cm³/mol. The Morgan fingerprint density at radius 3 is 1.37 bits per heavy atom. The zero-order valence-corrected chi connectivity index (χ0v) is 29.6. The maximum absolute atomic E-state index is 12.9. The number of nitrogens with zero attached hydrogens (tertiary/aromatic N) is 1. The van der Waals surface area contributed by atoms with E-state index in [2.05, 4.69) is 31.4 Å². The average molecular weight is 604 g/mol. The molecule has 0 saturated carbocycles. The fraction of sp³-hybridized carbons (Fsp3) is 0.949. The van der Waals surface area contributed by atoms with Crippen LogP contribution in [0.5, 0.6) is 0 Å². The smallest absolute Gasteiger partial charge is 0.220 e. The predicted octanol–water partition coefficient (Wildman–Crippen LogP) is 11.9. The van der Waals surface area contributed by atoms with Gasteiger partial charge < -0.3 is 10.6 Å². The first-order valence-corrected chi connectivity index (χ1v) is 19.8. The molecule has 0 saturated heterocycles. The van der Waals surface area contributed by atoms with Crippen LogP contribution in [-0.4, -0.2) is 30.9 Å². The lowest BCUT2D eigenvalue weighted by Crippen LogP contribution is -2.45. The highest BCUT2D eigenvalue weighted by atomic mass is 16.1. The zero-order valence-electron chi connectivity index (χ0n) is 29.6. The first-order valence-electron chi connectivity index (χ1n) is 19.8. The maximum atomic E-state index is 12.9. The number of amidine groups is 1. The molecule has 4 nitrogen and oxygen atoms in total. The van der Waals surface area contributed by atoms with Crippen LogP contribution in [0.25, 0.3) is 0 Å². The number of hydrogen-bond acceptors (Lipinski definition) is 3. The Hall–Kier alpha value is -1.06. The summed E-state index contributed by atoms with van der Waals surface area (Å²) in [5.41, 5.74) is 0. The standard InChI is InChI=1S/C39H77N3O/c1-4-7-9-11-13-15-17-19-20-21-23-25-27-29-31-33-38(43)42-37(6-3)36(39-40-34-35-41-39)32-30-28-26-24-22-18-16-14-12-10-8-5-2/h36-37H,4-35H2,1-3H3,(H,40,41)(H,42,43). The van der Waals surface area contributed by atoms with Crippen LogP contribution < -0.4 is 10.6 Å². The molecule has 0 aromatic rings. The minimum atomic E-state index is 0.209. The summed E-state index contributed by atoms with van der Waals surface area (Å²) in [4.78, 5) is 17.7. The van der Waals surface area contributed by atoms with Crippen LogP contribution in [0.1, 0.15) is 213 Å². The minimum Gasteiger partial charge on any atom is -0.372 e. The van der Waals surface area contributed by atoms with Gasteiger partial charge in [-0.25, -0.2) is 0 Å². The van der Waals surface area contributed by atoms with Crippen LogP contribution in [-0.2, 0) is 4.79 Å². The van der Waals surface area contributed by atoms with Gasteiger partial charge in [0.2, 0.25) is 5.91 Å². The molecule has 2 unspecified atom stereocenters. The largest absolute Gasteiger partial charge is 0.372 e. The molecule has 0 spiro atoms. The highest BCUT2D eigenvalue weighted by molar-refractivity contribution is 5.87. The number of amides is 1. The number of rotatable bonds is 33. The summed E-state index contributed by atoms with van der Waals surface area (Å²) in [6, 6.07) is 0.209. The minimum absolute atomic E-state index is 0.209. The van der Waals surface area contributed by atoms with Gasteiger partial charge in [0.15, 0.2) is 0 Å². The van der Waals surface area contributed by atoms with Crippen molar-refractivity contribution >= 4 is 11.7 Å². The summed E-state index contributed by atoms with van der Waals surface area (Å²) in [5, 5.41) is 6.96. The molecule has 254 valence electrons.